The Morgan fingerprint density at radius 2 is 1.77 bits per heavy atom. The maximum absolute atomic E-state index is 12.8. The summed E-state index contributed by atoms with van der Waals surface area (Å²) in [5, 5.41) is 9.03. The minimum Gasteiger partial charge on any atom is -0.494 e. The Balaban J connectivity index is 1.64. The largest absolute Gasteiger partial charge is 0.494 e. The fourth-order valence-electron chi connectivity index (χ4n) is 3.24. The first-order valence-electron chi connectivity index (χ1n) is 10.0. The fraction of sp³-hybridized carbons (Fsp3) is 0.429. The van der Waals surface area contributed by atoms with Gasteiger partial charge in [0.05, 0.1) is 11.5 Å². The molecule has 0 saturated carbocycles. The fourth-order valence-corrected chi connectivity index (χ4v) is 5.53. The van der Waals surface area contributed by atoms with Crippen molar-refractivity contribution in [1.29, 1.82) is 0 Å². The number of pyridine rings is 1. The molecule has 2 aromatic heterocycles. The number of rotatable bonds is 10. The van der Waals surface area contributed by atoms with Crippen LogP contribution in [0.5, 0.6) is 5.75 Å². The van der Waals surface area contributed by atoms with E-state index in [-0.39, 0.29) is 4.90 Å². The van der Waals surface area contributed by atoms with E-state index in [9.17, 15) is 8.42 Å². The highest BCUT2D eigenvalue weighted by molar-refractivity contribution is 7.99. The lowest BCUT2D eigenvalue weighted by molar-refractivity contribution is 0.318. The quantitative estimate of drug-likeness (QED) is 0.345. The Morgan fingerprint density at radius 1 is 1.07 bits per heavy atom. The smallest absolute Gasteiger partial charge is 0.244 e. The van der Waals surface area contributed by atoms with E-state index in [0.29, 0.717) is 30.5 Å². The normalized spacial score (nSPS) is 12.0. The predicted octanol–water partition coefficient (Wildman–Crippen LogP) is 3.94. The highest BCUT2D eigenvalue weighted by Gasteiger charge is 2.22. The number of sulfonamides is 1. The first kappa shape index (κ1) is 22.6. The SMILES string of the molecule is CCN(CC)S(=O)(=O)c1ccc2nnc(SCCCOc3cc(C)cc(C)c3)n2c1. The van der Waals surface area contributed by atoms with E-state index in [1.54, 1.807) is 22.7 Å². The molecule has 3 rings (SSSR count). The third kappa shape index (κ3) is 5.14. The second kappa shape index (κ2) is 9.80. The molecule has 30 heavy (non-hydrogen) atoms. The average Bonchev–Trinajstić information content (AvgIpc) is 3.10. The molecule has 7 nitrogen and oxygen atoms in total. The zero-order valence-electron chi connectivity index (χ0n) is 17.8. The van der Waals surface area contributed by atoms with Crippen LogP contribution in [0.25, 0.3) is 5.65 Å². The molecule has 0 aliphatic rings. The molecule has 2 heterocycles. The third-order valence-corrected chi connectivity index (χ3v) is 7.73. The van der Waals surface area contributed by atoms with Crippen LogP contribution in [0, 0.1) is 13.8 Å². The minimum atomic E-state index is -3.53. The summed E-state index contributed by atoms with van der Waals surface area (Å²) >= 11 is 1.54. The number of ether oxygens (including phenoxy) is 1. The molecule has 0 amide bonds. The van der Waals surface area contributed by atoms with Gasteiger partial charge in [-0.05, 0) is 55.7 Å². The van der Waals surface area contributed by atoms with Crippen LogP contribution in [0.1, 0.15) is 31.4 Å². The Morgan fingerprint density at radius 3 is 2.43 bits per heavy atom. The number of fused-ring (bicyclic) bond motifs is 1. The van der Waals surface area contributed by atoms with Crippen LogP contribution in [0.15, 0.2) is 46.6 Å². The standard InChI is InChI=1S/C21H28N4O3S2/c1-5-24(6-2)30(26,27)19-8-9-20-22-23-21(25(20)15-19)29-11-7-10-28-18-13-16(3)12-17(4)14-18/h8-9,12-15H,5-7,10-11H2,1-4H3. The Hall–Kier alpha value is -2.10. The van der Waals surface area contributed by atoms with Crippen molar-refractivity contribution in [2.45, 2.75) is 44.2 Å². The van der Waals surface area contributed by atoms with E-state index in [1.807, 2.05) is 26.0 Å². The summed E-state index contributed by atoms with van der Waals surface area (Å²) in [6, 6.07) is 9.46. The Bertz CT molecular complexity index is 1090. The van der Waals surface area contributed by atoms with Gasteiger partial charge in [0.25, 0.3) is 0 Å². The average molecular weight is 449 g/mol. The number of aryl methyl sites for hydroxylation is 2. The molecule has 0 unspecified atom stereocenters. The van der Waals surface area contributed by atoms with Crippen LogP contribution >= 0.6 is 11.8 Å². The van der Waals surface area contributed by atoms with Crippen LogP contribution in [-0.4, -0.2) is 52.8 Å². The minimum absolute atomic E-state index is 0.249. The highest BCUT2D eigenvalue weighted by atomic mass is 32.2. The van der Waals surface area contributed by atoms with Crippen LogP contribution < -0.4 is 4.74 Å². The molecule has 0 fully saturated rings. The number of hydrogen-bond donors (Lipinski definition) is 0. The number of hydrogen-bond acceptors (Lipinski definition) is 6. The number of aromatic nitrogens is 3. The molecule has 1 aromatic carbocycles. The lowest BCUT2D eigenvalue weighted by Crippen LogP contribution is -2.30. The van der Waals surface area contributed by atoms with Gasteiger partial charge >= 0.3 is 0 Å². The van der Waals surface area contributed by atoms with Crippen LogP contribution in [-0.2, 0) is 10.0 Å². The summed E-state index contributed by atoms with van der Waals surface area (Å²) in [5.41, 5.74) is 3.00. The van der Waals surface area contributed by atoms with Crippen LogP contribution in [0.3, 0.4) is 0 Å². The zero-order chi connectivity index (χ0) is 21.7. The maximum Gasteiger partial charge on any atom is 0.244 e. The van der Waals surface area contributed by atoms with Gasteiger partial charge in [0.1, 0.15) is 5.75 Å². The first-order chi connectivity index (χ1) is 14.3. The maximum atomic E-state index is 12.8. The lowest BCUT2D eigenvalue weighted by Gasteiger charge is -2.18. The molecule has 0 aliphatic heterocycles. The van der Waals surface area contributed by atoms with Crippen molar-refractivity contribution in [2.24, 2.45) is 0 Å². The first-order valence-corrected chi connectivity index (χ1v) is 12.5. The van der Waals surface area contributed by atoms with Gasteiger partial charge in [0.15, 0.2) is 10.8 Å². The van der Waals surface area contributed by atoms with Gasteiger partial charge < -0.3 is 4.74 Å². The molecule has 0 saturated heterocycles. The van der Waals surface area contributed by atoms with Crippen molar-refractivity contribution in [3.05, 3.63) is 47.7 Å². The number of thioether (sulfide) groups is 1. The number of benzene rings is 1. The molecule has 162 valence electrons. The summed E-state index contributed by atoms with van der Waals surface area (Å²) in [7, 11) is -3.53. The third-order valence-electron chi connectivity index (χ3n) is 4.67. The highest BCUT2D eigenvalue weighted by Crippen LogP contribution is 2.22. The van der Waals surface area contributed by atoms with Crippen molar-refractivity contribution < 1.29 is 13.2 Å². The molecule has 0 N–H and O–H groups in total. The van der Waals surface area contributed by atoms with Crippen LogP contribution in [0.2, 0.25) is 0 Å². The van der Waals surface area contributed by atoms with E-state index < -0.39 is 10.0 Å². The van der Waals surface area contributed by atoms with Gasteiger partial charge in [0, 0.05) is 25.0 Å². The summed E-state index contributed by atoms with van der Waals surface area (Å²) < 4.78 is 34.6. The second-order valence-electron chi connectivity index (χ2n) is 7.04. The Kier molecular flexibility index (Phi) is 7.38. The van der Waals surface area contributed by atoms with Crippen molar-refractivity contribution in [3.63, 3.8) is 0 Å². The lowest BCUT2D eigenvalue weighted by atomic mass is 10.1. The van der Waals surface area contributed by atoms with Crippen molar-refractivity contribution in [3.8, 4) is 5.75 Å². The predicted molar refractivity (Wildman–Crippen MR) is 120 cm³/mol. The summed E-state index contributed by atoms with van der Waals surface area (Å²) in [4.78, 5) is 0.249. The van der Waals surface area contributed by atoms with Gasteiger partial charge in [0.2, 0.25) is 10.0 Å². The zero-order valence-corrected chi connectivity index (χ0v) is 19.5. The van der Waals surface area contributed by atoms with Gasteiger partial charge in [-0.25, -0.2) is 8.42 Å². The molecule has 0 radical (unpaired) electrons. The van der Waals surface area contributed by atoms with Crippen molar-refractivity contribution >= 4 is 27.4 Å². The van der Waals surface area contributed by atoms with Gasteiger partial charge in [-0.15, -0.1) is 10.2 Å². The van der Waals surface area contributed by atoms with Gasteiger partial charge in [-0.2, -0.15) is 4.31 Å². The topological polar surface area (TPSA) is 76.8 Å². The monoisotopic (exact) mass is 448 g/mol. The summed E-state index contributed by atoms with van der Waals surface area (Å²) in [6.45, 7) is 9.25. The molecule has 0 aliphatic carbocycles. The molecule has 3 aromatic rings. The molecule has 9 heteroatoms. The van der Waals surface area contributed by atoms with Crippen molar-refractivity contribution in [2.75, 3.05) is 25.4 Å². The van der Waals surface area contributed by atoms with E-state index in [1.165, 1.54) is 27.2 Å². The van der Waals surface area contributed by atoms with E-state index >= 15 is 0 Å². The van der Waals surface area contributed by atoms with Gasteiger partial charge in [-0.3, -0.25) is 4.40 Å². The van der Waals surface area contributed by atoms with Crippen molar-refractivity contribution in [1.82, 2.24) is 18.9 Å². The van der Waals surface area contributed by atoms with E-state index in [4.69, 9.17) is 4.74 Å². The van der Waals surface area contributed by atoms with E-state index in [0.717, 1.165) is 17.9 Å². The van der Waals surface area contributed by atoms with Crippen LogP contribution in [0.4, 0.5) is 0 Å². The van der Waals surface area contributed by atoms with E-state index in [2.05, 4.69) is 30.1 Å². The Labute approximate surface area is 182 Å². The summed E-state index contributed by atoms with van der Waals surface area (Å²) in [5.74, 6) is 1.68. The number of nitrogens with zero attached hydrogens (tertiary/aromatic N) is 4. The molecule has 0 spiro atoms. The molecular formula is C21H28N4O3S2. The van der Waals surface area contributed by atoms with Gasteiger partial charge in [-0.1, -0.05) is 31.7 Å². The second-order valence-corrected chi connectivity index (χ2v) is 10.0. The molecular weight excluding hydrogens is 420 g/mol. The molecule has 0 atom stereocenters. The molecule has 0 bridgehead atoms. The summed E-state index contributed by atoms with van der Waals surface area (Å²) in [6.07, 6.45) is 2.45.